The standard InChI is InChI=1S/C26H27FO4S/c1-2-8-19-17-22(31-21-10-4-3-5-11-21)13-14-23(19)30-15-7-16-32-24-12-6-9-20(26(24)27)18-25(28)29/h3-6,9-14,17H,2,7-8,15-16,18H2,1H3,(H,28,29). The van der Waals surface area contributed by atoms with Gasteiger partial charge in [0.1, 0.15) is 23.1 Å². The normalized spacial score (nSPS) is 10.7. The number of rotatable bonds is 12. The Morgan fingerprint density at radius 2 is 1.81 bits per heavy atom. The molecule has 0 saturated carbocycles. The number of carboxylic acid groups (broad SMARTS) is 1. The van der Waals surface area contributed by atoms with Crippen LogP contribution in [0.4, 0.5) is 4.39 Å². The second kappa shape index (κ2) is 12.2. The average Bonchev–Trinajstić information content (AvgIpc) is 2.78. The molecule has 0 spiro atoms. The molecule has 0 aromatic heterocycles. The average molecular weight is 455 g/mol. The van der Waals surface area contributed by atoms with E-state index in [-0.39, 0.29) is 12.0 Å². The van der Waals surface area contributed by atoms with Gasteiger partial charge in [0, 0.05) is 16.2 Å². The number of halogens is 1. The van der Waals surface area contributed by atoms with Crippen molar-refractivity contribution in [2.45, 2.75) is 37.5 Å². The van der Waals surface area contributed by atoms with Crippen LogP contribution in [0.3, 0.4) is 0 Å². The topological polar surface area (TPSA) is 55.8 Å². The minimum absolute atomic E-state index is 0.209. The highest BCUT2D eigenvalue weighted by molar-refractivity contribution is 7.99. The summed E-state index contributed by atoms with van der Waals surface area (Å²) in [6.45, 7) is 2.64. The van der Waals surface area contributed by atoms with Gasteiger partial charge in [0.2, 0.25) is 0 Å². The summed E-state index contributed by atoms with van der Waals surface area (Å²) in [5, 5.41) is 8.89. The minimum Gasteiger partial charge on any atom is -0.493 e. The summed E-state index contributed by atoms with van der Waals surface area (Å²) in [5.74, 6) is 1.60. The molecule has 0 aliphatic carbocycles. The Labute approximate surface area is 192 Å². The molecular formula is C26H27FO4S. The van der Waals surface area contributed by atoms with Crippen LogP contribution < -0.4 is 9.47 Å². The van der Waals surface area contributed by atoms with Crippen LogP contribution in [0.15, 0.2) is 71.6 Å². The van der Waals surface area contributed by atoms with Gasteiger partial charge in [-0.1, -0.05) is 43.7 Å². The minimum atomic E-state index is -1.04. The quantitative estimate of drug-likeness (QED) is 0.242. The van der Waals surface area contributed by atoms with Crippen molar-refractivity contribution in [3.8, 4) is 17.2 Å². The summed E-state index contributed by atoms with van der Waals surface area (Å²) in [6, 6.07) is 20.4. The Kier molecular flexibility index (Phi) is 8.99. The highest BCUT2D eigenvalue weighted by Gasteiger charge is 2.11. The lowest BCUT2D eigenvalue weighted by atomic mass is 10.1. The van der Waals surface area contributed by atoms with Crippen molar-refractivity contribution in [1.82, 2.24) is 0 Å². The third kappa shape index (κ3) is 7.02. The second-order valence-corrected chi connectivity index (χ2v) is 8.42. The van der Waals surface area contributed by atoms with Crippen LogP contribution in [0, 0.1) is 5.82 Å². The molecular weight excluding hydrogens is 427 g/mol. The van der Waals surface area contributed by atoms with Gasteiger partial charge in [0.25, 0.3) is 0 Å². The van der Waals surface area contributed by atoms with Crippen LogP contribution in [-0.4, -0.2) is 23.4 Å². The Bertz CT molecular complexity index is 1020. The van der Waals surface area contributed by atoms with E-state index in [9.17, 15) is 9.18 Å². The third-order valence-electron chi connectivity index (χ3n) is 4.72. The Morgan fingerprint density at radius 3 is 2.56 bits per heavy atom. The monoisotopic (exact) mass is 454 g/mol. The molecule has 0 radical (unpaired) electrons. The first-order valence-corrected chi connectivity index (χ1v) is 11.7. The predicted octanol–water partition coefficient (Wildman–Crippen LogP) is 6.76. The molecule has 0 fully saturated rings. The molecule has 0 atom stereocenters. The third-order valence-corrected chi connectivity index (χ3v) is 5.84. The first kappa shape index (κ1) is 23.7. The lowest BCUT2D eigenvalue weighted by Gasteiger charge is -2.14. The van der Waals surface area contributed by atoms with Crippen molar-refractivity contribution in [3.63, 3.8) is 0 Å². The maximum atomic E-state index is 14.4. The zero-order valence-corrected chi connectivity index (χ0v) is 18.9. The van der Waals surface area contributed by atoms with Crippen LogP contribution in [0.5, 0.6) is 17.2 Å². The van der Waals surface area contributed by atoms with Crippen molar-refractivity contribution >= 4 is 17.7 Å². The fraction of sp³-hybridized carbons (Fsp3) is 0.269. The fourth-order valence-corrected chi connectivity index (χ4v) is 4.15. The summed E-state index contributed by atoms with van der Waals surface area (Å²) < 4.78 is 26.3. The number of para-hydroxylation sites is 1. The number of ether oxygens (including phenoxy) is 2. The van der Waals surface area contributed by atoms with Crippen LogP contribution >= 0.6 is 11.8 Å². The molecule has 0 aliphatic rings. The van der Waals surface area contributed by atoms with Crippen molar-refractivity contribution < 1.29 is 23.8 Å². The molecule has 4 nitrogen and oxygen atoms in total. The maximum Gasteiger partial charge on any atom is 0.307 e. The first-order valence-electron chi connectivity index (χ1n) is 10.7. The Hall–Kier alpha value is -2.99. The molecule has 0 unspecified atom stereocenters. The van der Waals surface area contributed by atoms with Gasteiger partial charge in [-0.05, 0) is 54.8 Å². The number of aliphatic carboxylic acids is 1. The van der Waals surface area contributed by atoms with E-state index in [0.717, 1.165) is 42.1 Å². The van der Waals surface area contributed by atoms with Gasteiger partial charge in [-0.2, -0.15) is 0 Å². The molecule has 3 aromatic carbocycles. The number of thioether (sulfide) groups is 1. The van der Waals surface area contributed by atoms with Gasteiger partial charge >= 0.3 is 5.97 Å². The smallest absolute Gasteiger partial charge is 0.307 e. The van der Waals surface area contributed by atoms with Crippen molar-refractivity contribution in [3.05, 3.63) is 83.7 Å². The molecule has 1 N–H and O–H groups in total. The number of hydrogen-bond donors (Lipinski definition) is 1. The van der Waals surface area contributed by atoms with Gasteiger partial charge in [0.15, 0.2) is 0 Å². The van der Waals surface area contributed by atoms with Gasteiger partial charge in [-0.15, -0.1) is 11.8 Å². The highest BCUT2D eigenvalue weighted by Crippen LogP contribution is 2.29. The first-order chi connectivity index (χ1) is 15.6. The number of carboxylic acids is 1. The van der Waals surface area contributed by atoms with E-state index in [1.807, 2.05) is 48.5 Å². The highest BCUT2D eigenvalue weighted by atomic mass is 32.2. The lowest BCUT2D eigenvalue weighted by Crippen LogP contribution is -2.04. The molecule has 0 heterocycles. The molecule has 0 saturated heterocycles. The number of carbonyl (C=O) groups is 1. The van der Waals surface area contributed by atoms with Crippen LogP contribution in [0.2, 0.25) is 0 Å². The van der Waals surface area contributed by atoms with E-state index in [2.05, 4.69) is 6.92 Å². The van der Waals surface area contributed by atoms with E-state index >= 15 is 0 Å². The Balaban J connectivity index is 1.52. The van der Waals surface area contributed by atoms with Crippen LogP contribution in [0.1, 0.15) is 30.9 Å². The number of benzene rings is 3. The van der Waals surface area contributed by atoms with Gasteiger partial charge in [-0.25, -0.2) is 4.39 Å². The van der Waals surface area contributed by atoms with E-state index in [1.54, 1.807) is 12.1 Å². The molecule has 0 bridgehead atoms. The lowest BCUT2D eigenvalue weighted by molar-refractivity contribution is -0.136. The van der Waals surface area contributed by atoms with Gasteiger partial charge in [0.05, 0.1) is 13.0 Å². The van der Waals surface area contributed by atoms with Gasteiger partial charge < -0.3 is 14.6 Å². The molecule has 6 heteroatoms. The van der Waals surface area contributed by atoms with Crippen molar-refractivity contribution in [2.24, 2.45) is 0 Å². The SMILES string of the molecule is CCCc1cc(Oc2ccccc2)ccc1OCCCSc1cccc(CC(=O)O)c1F. The molecule has 0 amide bonds. The summed E-state index contributed by atoms with van der Waals surface area (Å²) in [6.07, 6.45) is 2.30. The fourth-order valence-electron chi connectivity index (χ4n) is 3.24. The summed E-state index contributed by atoms with van der Waals surface area (Å²) in [7, 11) is 0. The van der Waals surface area contributed by atoms with E-state index in [1.165, 1.54) is 17.8 Å². The predicted molar refractivity (Wildman–Crippen MR) is 126 cm³/mol. The van der Waals surface area contributed by atoms with Crippen molar-refractivity contribution in [1.29, 1.82) is 0 Å². The van der Waals surface area contributed by atoms with E-state index in [4.69, 9.17) is 14.6 Å². The molecule has 3 rings (SSSR count). The Morgan fingerprint density at radius 1 is 1.00 bits per heavy atom. The zero-order valence-electron chi connectivity index (χ0n) is 18.1. The zero-order chi connectivity index (χ0) is 22.8. The maximum absolute atomic E-state index is 14.4. The largest absolute Gasteiger partial charge is 0.493 e. The molecule has 0 aliphatic heterocycles. The van der Waals surface area contributed by atoms with Crippen LogP contribution in [0.25, 0.3) is 0 Å². The molecule has 32 heavy (non-hydrogen) atoms. The van der Waals surface area contributed by atoms with Gasteiger partial charge in [-0.3, -0.25) is 4.79 Å². The van der Waals surface area contributed by atoms with E-state index in [0.29, 0.717) is 17.3 Å². The number of aryl methyl sites for hydroxylation is 1. The molecule has 3 aromatic rings. The summed E-state index contributed by atoms with van der Waals surface area (Å²) in [5.41, 5.74) is 1.31. The van der Waals surface area contributed by atoms with Crippen LogP contribution in [-0.2, 0) is 17.6 Å². The summed E-state index contributed by atoms with van der Waals surface area (Å²) in [4.78, 5) is 11.3. The number of hydrogen-bond acceptors (Lipinski definition) is 4. The second-order valence-electron chi connectivity index (χ2n) is 7.28. The molecule has 168 valence electrons. The van der Waals surface area contributed by atoms with E-state index < -0.39 is 11.8 Å². The summed E-state index contributed by atoms with van der Waals surface area (Å²) >= 11 is 1.37. The van der Waals surface area contributed by atoms with Crippen molar-refractivity contribution in [2.75, 3.05) is 12.4 Å².